The first-order valence-electron chi connectivity index (χ1n) is 12.7. The number of ether oxygens (including phenoxy) is 2. The zero-order valence-corrected chi connectivity index (χ0v) is 21.1. The number of methoxy groups -OCH3 is 1. The number of hydrogen-bond donors (Lipinski definition) is 2. The van der Waals surface area contributed by atoms with Crippen LogP contribution in [-0.4, -0.2) is 87.8 Å². The number of amides is 1. The fourth-order valence-electron chi connectivity index (χ4n) is 8.88. The van der Waals surface area contributed by atoms with Crippen LogP contribution in [0.4, 0.5) is 5.69 Å². The molecule has 1 spiro atoms. The molecule has 1 aromatic carbocycles. The molecule has 2 N–H and O–H groups in total. The quantitative estimate of drug-likeness (QED) is 0.460. The van der Waals surface area contributed by atoms with E-state index in [0.29, 0.717) is 30.0 Å². The average Bonchev–Trinajstić information content (AvgIpc) is 3.34. The summed E-state index contributed by atoms with van der Waals surface area (Å²) >= 11 is 0. The largest absolute Gasteiger partial charge is 0.762 e. The second-order valence-corrected chi connectivity index (χ2v) is 12.7. The van der Waals surface area contributed by atoms with Crippen LogP contribution in [-0.2, 0) is 14.9 Å². The van der Waals surface area contributed by atoms with E-state index in [0.717, 1.165) is 6.54 Å². The SMILES string of the molecule is COc1ccc2c3c1C(=O)C(O)C(C)(C)N3C(=O)C21CC2(N([O-])O)CN3CC4OC4C3CC2C1(C)C. The number of rotatable bonds is 2. The molecule has 5 aliphatic heterocycles. The van der Waals surface area contributed by atoms with Gasteiger partial charge in [-0.25, -0.2) is 0 Å². The van der Waals surface area contributed by atoms with E-state index in [1.165, 1.54) is 7.11 Å². The molecular weight excluding hydrogens is 466 g/mol. The van der Waals surface area contributed by atoms with Gasteiger partial charge in [-0.1, -0.05) is 19.9 Å². The van der Waals surface area contributed by atoms with Crippen molar-refractivity contribution in [1.29, 1.82) is 0 Å². The molecule has 194 valence electrons. The van der Waals surface area contributed by atoms with Crippen LogP contribution in [0.5, 0.6) is 5.75 Å². The van der Waals surface area contributed by atoms with Crippen molar-refractivity contribution in [3.8, 4) is 5.75 Å². The van der Waals surface area contributed by atoms with Gasteiger partial charge >= 0.3 is 0 Å². The number of anilines is 1. The molecule has 0 bridgehead atoms. The molecule has 1 amide bonds. The minimum atomic E-state index is -1.43. The number of epoxide rings is 1. The van der Waals surface area contributed by atoms with Crippen molar-refractivity contribution in [2.24, 2.45) is 11.3 Å². The number of carbonyl (C=O) groups excluding carboxylic acids is 2. The van der Waals surface area contributed by atoms with E-state index in [-0.39, 0.29) is 47.3 Å². The highest BCUT2D eigenvalue weighted by Gasteiger charge is 2.77. The number of Topliss-reactive ketones (excluding diaryl/α,β-unsaturated/α-hetero) is 1. The Hall–Kier alpha value is -2.08. The van der Waals surface area contributed by atoms with Gasteiger partial charge in [0.15, 0.2) is 5.78 Å². The number of nitrogens with zero attached hydrogens (tertiary/aromatic N) is 3. The van der Waals surface area contributed by atoms with E-state index in [2.05, 4.69) is 4.90 Å². The smallest absolute Gasteiger partial charge is 0.238 e. The number of hydrogen-bond acceptors (Lipinski definition) is 9. The van der Waals surface area contributed by atoms with Crippen LogP contribution in [0.3, 0.4) is 0 Å². The van der Waals surface area contributed by atoms with E-state index in [9.17, 15) is 25.1 Å². The second kappa shape index (κ2) is 6.48. The number of aliphatic hydroxyl groups excluding tert-OH is 1. The molecule has 7 rings (SSSR count). The van der Waals surface area contributed by atoms with Crippen molar-refractivity contribution >= 4 is 17.4 Å². The zero-order valence-electron chi connectivity index (χ0n) is 21.1. The Balaban J connectivity index is 1.48. The lowest BCUT2D eigenvalue weighted by Crippen LogP contribution is -2.63. The molecule has 1 aliphatic carbocycles. The predicted molar refractivity (Wildman–Crippen MR) is 127 cm³/mol. The lowest BCUT2D eigenvalue weighted by atomic mass is 9.60. The zero-order chi connectivity index (χ0) is 25.7. The number of carbonyl (C=O) groups is 2. The van der Waals surface area contributed by atoms with Gasteiger partial charge in [-0.15, -0.1) is 0 Å². The highest BCUT2D eigenvalue weighted by molar-refractivity contribution is 6.21. The van der Waals surface area contributed by atoms with Gasteiger partial charge in [-0.2, -0.15) is 0 Å². The van der Waals surface area contributed by atoms with E-state index in [1.807, 2.05) is 19.9 Å². The Bertz CT molecular complexity index is 1230. The second-order valence-electron chi connectivity index (χ2n) is 12.7. The first-order chi connectivity index (χ1) is 16.8. The van der Waals surface area contributed by atoms with Crippen molar-refractivity contribution in [3.05, 3.63) is 28.5 Å². The summed E-state index contributed by atoms with van der Waals surface area (Å²) in [5.74, 6) is -0.729. The molecule has 7 unspecified atom stereocenters. The van der Waals surface area contributed by atoms with Gasteiger partial charge in [-0.3, -0.25) is 19.7 Å². The topological polar surface area (TPSA) is 129 Å². The van der Waals surface area contributed by atoms with Gasteiger partial charge < -0.3 is 29.9 Å². The lowest BCUT2D eigenvalue weighted by molar-refractivity contribution is -0.182. The summed E-state index contributed by atoms with van der Waals surface area (Å²) in [6.45, 7) is 8.47. The van der Waals surface area contributed by atoms with E-state index >= 15 is 0 Å². The van der Waals surface area contributed by atoms with Gasteiger partial charge in [0.2, 0.25) is 5.91 Å². The molecule has 6 aliphatic rings. The maximum atomic E-state index is 14.7. The van der Waals surface area contributed by atoms with Gasteiger partial charge in [0.25, 0.3) is 0 Å². The lowest BCUT2D eigenvalue weighted by Gasteiger charge is -2.55. The number of hydroxylamine groups is 2. The highest BCUT2D eigenvalue weighted by Crippen LogP contribution is 2.71. The normalized spacial score (nSPS) is 43.0. The van der Waals surface area contributed by atoms with Crippen molar-refractivity contribution < 1.29 is 29.4 Å². The molecule has 7 atom stereocenters. The summed E-state index contributed by atoms with van der Waals surface area (Å²) in [4.78, 5) is 32.0. The van der Waals surface area contributed by atoms with Gasteiger partial charge in [0.1, 0.15) is 18.0 Å². The first-order valence-corrected chi connectivity index (χ1v) is 12.7. The number of ketones is 1. The highest BCUT2D eigenvalue weighted by atomic mass is 16.8. The molecule has 10 nitrogen and oxygen atoms in total. The average molecular weight is 499 g/mol. The standard InChI is InChI=1S/C26H32N3O7/c1-23(2)16-8-13-20-15(36-20)9-27(13)11-25(16,29(33)34)10-26(23)12-6-7-14(35-5)17-18(12)28(22(26)32)24(3,4)21(31)19(17)30/h6-7,13,15-16,20-21,31,33H,8-11H2,1-5H3/q-1. The molecule has 0 radical (unpaired) electrons. The van der Waals surface area contributed by atoms with Gasteiger partial charge in [-0.05, 0) is 49.7 Å². The number of morpholine rings is 1. The molecule has 3 saturated heterocycles. The van der Waals surface area contributed by atoms with Crippen LogP contribution in [0.15, 0.2) is 12.1 Å². The third-order valence-corrected chi connectivity index (χ3v) is 10.8. The molecular formula is C26H32N3O7-. The van der Waals surface area contributed by atoms with Crippen molar-refractivity contribution in [2.45, 2.75) is 81.4 Å². The number of fused-ring (bicyclic) bond motifs is 5. The fraction of sp³-hybridized carbons (Fsp3) is 0.692. The van der Waals surface area contributed by atoms with Crippen LogP contribution in [0.25, 0.3) is 0 Å². The van der Waals surface area contributed by atoms with Gasteiger partial charge in [0.05, 0.1) is 41.0 Å². The predicted octanol–water partition coefficient (Wildman–Crippen LogP) is 1.44. The van der Waals surface area contributed by atoms with Crippen LogP contribution >= 0.6 is 0 Å². The minimum absolute atomic E-state index is 0.111. The number of benzene rings is 1. The Labute approximate surface area is 209 Å². The Morgan fingerprint density at radius 1 is 1.22 bits per heavy atom. The van der Waals surface area contributed by atoms with Crippen molar-refractivity contribution in [3.63, 3.8) is 0 Å². The summed E-state index contributed by atoms with van der Waals surface area (Å²) in [6.07, 6.45) is -0.361. The maximum absolute atomic E-state index is 14.7. The van der Waals surface area contributed by atoms with Crippen LogP contribution in [0.2, 0.25) is 0 Å². The minimum Gasteiger partial charge on any atom is -0.762 e. The van der Waals surface area contributed by atoms with Crippen molar-refractivity contribution in [1.82, 2.24) is 10.1 Å². The van der Waals surface area contributed by atoms with E-state index in [4.69, 9.17) is 9.47 Å². The summed E-state index contributed by atoms with van der Waals surface area (Å²) in [5.41, 5.74) is -3.00. The van der Waals surface area contributed by atoms with E-state index < -0.39 is 33.8 Å². The van der Waals surface area contributed by atoms with E-state index in [1.54, 1.807) is 24.8 Å². The number of piperidine rings is 1. The van der Waals surface area contributed by atoms with Crippen molar-refractivity contribution in [2.75, 3.05) is 25.1 Å². The summed E-state index contributed by atoms with van der Waals surface area (Å²) in [6, 6.07) is 3.66. The number of aliphatic hydroxyl groups is 1. The van der Waals surface area contributed by atoms with Crippen LogP contribution in [0, 0.1) is 16.5 Å². The van der Waals surface area contributed by atoms with Crippen LogP contribution < -0.4 is 9.64 Å². The Kier molecular flexibility index (Phi) is 4.16. The molecule has 1 aromatic rings. The summed E-state index contributed by atoms with van der Waals surface area (Å²) in [5, 5.41) is 34.9. The fourth-order valence-corrected chi connectivity index (χ4v) is 8.88. The molecule has 1 saturated carbocycles. The third-order valence-electron chi connectivity index (χ3n) is 10.8. The molecule has 10 heteroatoms. The molecule has 5 heterocycles. The Morgan fingerprint density at radius 3 is 2.61 bits per heavy atom. The Morgan fingerprint density at radius 2 is 1.94 bits per heavy atom. The monoisotopic (exact) mass is 498 g/mol. The molecule has 36 heavy (non-hydrogen) atoms. The third kappa shape index (κ3) is 2.23. The molecule has 4 fully saturated rings. The molecule has 0 aromatic heterocycles. The van der Waals surface area contributed by atoms with Crippen LogP contribution in [0.1, 0.15) is 56.5 Å². The summed E-state index contributed by atoms with van der Waals surface area (Å²) in [7, 11) is 1.46. The maximum Gasteiger partial charge on any atom is 0.238 e. The first kappa shape index (κ1) is 23.1. The van der Waals surface area contributed by atoms with Gasteiger partial charge in [0, 0.05) is 19.1 Å². The summed E-state index contributed by atoms with van der Waals surface area (Å²) < 4.78 is 11.3.